The topological polar surface area (TPSA) is 49.7 Å². The van der Waals surface area contributed by atoms with E-state index in [0.717, 1.165) is 0 Å². The molecule has 0 unspecified atom stereocenters. The van der Waals surface area contributed by atoms with Gasteiger partial charge in [-0.3, -0.25) is 0 Å². The number of nitrogens with zero attached hydrogens (tertiary/aromatic N) is 2. The van der Waals surface area contributed by atoms with Gasteiger partial charge in [0.2, 0.25) is 0 Å². The van der Waals surface area contributed by atoms with Crippen molar-refractivity contribution in [1.82, 2.24) is 4.90 Å². The summed E-state index contributed by atoms with van der Waals surface area (Å²) in [6.07, 6.45) is 1.47. The van der Waals surface area contributed by atoms with Crippen LogP contribution in [0.15, 0.2) is 33.5 Å². The number of hydrogen-bond donors (Lipinski definition) is 0. The number of benzene rings is 1. The van der Waals surface area contributed by atoms with Gasteiger partial charge in [-0.2, -0.15) is 0 Å². The number of rotatable bonds is 3. The minimum absolute atomic E-state index is 0.00617. The van der Waals surface area contributed by atoms with Crippen LogP contribution in [0.2, 0.25) is 5.02 Å². The molecule has 1 rings (SSSR count). The normalized spacial score (nSPS) is 14.2. The average Bonchev–Trinajstić information content (AvgIpc) is 2.27. The SMILES string of the molecule is CC(C)N(C(=O)N=[S@@](C)(=O)c1ccc(Cl)cc1)C(C)C. The molecule has 0 aliphatic heterocycles. The molecule has 0 aliphatic carbocycles. The van der Waals surface area contributed by atoms with E-state index in [1.54, 1.807) is 29.2 Å². The second-order valence-corrected chi connectivity index (χ2v) is 7.92. The van der Waals surface area contributed by atoms with Crippen molar-refractivity contribution in [2.45, 2.75) is 44.7 Å². The van der Waals surface area contributed by atoms with Crippen LogP contribution in [-0.4, -0.2) is 33.5 Å². The Labute approximate surface area is 126 Å². The molecular formula is C14H21ClN2O2S. The summed E-state index contributed by atoms with van der Waals surface area (Å²) in [5.74, 6) is 0. The molecule has 0 N–H and O–H groups in total. The molecule has 0 aromatic heterocycles. The van der Waals surface area contributed by atoms with Gasteiger partial charge < -0.3 is 4.90 Å². The van der Waals surface area contributed by atoms with Crippen molar-refractivity contribution in [3.63, 3.8) is 0 Å². The number of carbonyl (C=O) groups excluding carboxylic acids is 1. The van der Waals surface area contributed by atoms with Crippen LogP contribution in [0, 0.1) is 0 Å². The lowest BCUT2D eigenvalue weighted by Gasteiger charge is -2.28. The molecule has 6 heteroatoms. The quantitative estimate of drug-likeness (QED) is 0.845. The van der Waals surface area contributed by atoms with E-state index in [1.807, 2.05) is 27.7 Å². The van der Waals surface area contributed by atoms with Gasteiger partial charge in [0.25, 0.3) is 0 Å². The molecule has 0 radical (unpaired) electrons. The number of amides is 2. The predicted molar refractivity (Wildman–Crippen MR) is 83.7 cm³/mol. The van der Waals surface area contributed by atoms with Crippen molar-refractivity contribution in [1.29, 1.82) is 0 Å². The molecule has 1 aromatic rings. The van der Waals surface area contributed by atoms with Crippen LogP contribution in [0.4, 0.5) is 4.79 Å². The van der Waals surface area contributed by atoms with Crippen molar-refractivity contribution in [2.75, 3.05) is 6.26 Å². The van der Waals surface area contributed by atoms with Crippen molar-refractivity contribution in [2.24, 2.45) is 4.36 Å². The molecule has 0 spiro atoms. The van der Waals surface area contributed by atoms with Crippen molar-refractivity contribution < 1.29 is 9.00 Å². The maximum Gasteiger partial charge on any atom is 0.352 e. The van der Waals surface area contributed by atoms with Crippen molar-refractivity contribution in [3.05, 3.63) is 29.3 Å². The van der Waals surface area contributed by atoms with Gasteiger partial charge in [-0.1, -0.05) is 11.6 Å². The van der Waals surface area contributed by atoms with Gasteiger partial charge in [0.05, 0.1) is 9.73 Å². The van der Waals surface area contributed by atoms with E-state index in [0.29, 0.717) is 9.92 Å². The molecule has 0 saturated carbocycles. The first-order valence-electron chi connectivity index (χ1n) is 6.45. The van der Waals surface area contributed by atoms with Crippen LogP contribution in [-0.2, 0) is 9.73 Å². The van der Waals surface area contributed by atoms with E-state index in [4.69, 9.17) is 11.6 Å². The van der Waals surface area contributed by atoms with E-state index in [1.165, 1.54) is 6.26 Å². The zero-order valence-corrected chi connectivity index (χ0v) is 14.0. The monoisotopic (exact) mass is 316 g/mol. The Morgan fingerprint density at radius 2 is 1.60 bits per heavy atom. The Bertz CT molecular complexity index is 580. The van der Waals surface area contributed by atoms with E-state index in [2.05, 4.69) is 4.36 Å². The molecule has 0 saturated heterocycles. The largest absolute Gasteiger partial charge is 0.352 e. The van der Waals surface area contributed by atoms with Crippen LogP contribution in [0.1, 0.15) is 27.7 Å². The second-order valence-electron chi connectivity index (χ2n) is 5.23. The molecule has 0 aliphatic rings. The first-order valence-corrected chi connectivity index (χ1v) is 8.75. The fourth-order valence-electron chi connectivity index (χ4n) is 1.97. The lowest BCUT2D eigenvalue weighted by Crippen LogP contribution is -2.40. The van der Waals surface area contributed by atoms with Gasteiger partial charge in [-0.15, -0.1) is 4.36 Å². The number of halogens is 1. The maximum absolute atomic E-state index is 12.6. The highest BCUT2D eigenvalue weighted by Crippen LogP contribution is 2.17. The van der Waals surface area contributed by atoms with Gasteiger partial charge in [-0.25, -0.2) is 9.00 Å². The molecule has 4 nitrogen and oxygen atoms in total. The minimum atomic E-state index is -2.76. The smallest absolute Gasteiger partial charge is 0.318 e. The number of carbonyl (C=O) groups is 1. The van der Waals surface area contributed by atoms with Crippen LogP contribution in [0.3, 0.4) is 0 Å². The molecule has 20 heavy (non-hydrogen) atoms. The van der Waals surface area contributed by atoms with Gasteiger partial charge in [0, 0.05) is 28.3 Å². The standard InChI is InChI=1S/C14H21ClN2O2S/c1-10(2)17(11(3)4)14(18)16-20(5,19)13-8-6-12(15)7-9-13/h6-11H,1-5H3/t20-/m0/s1. The van der Waals surface area contributed by atoms with Gasteiger partial charge >= 0.3 is 6.03 Å². The molecule has 1 aromatic carbocycles. The molecule has 112 valence electrons. The lowest BCUT2D eigenvalue weighted by atomic mass is 10.2. The summed E-state index contributed by atoms with van der Waals surface area (Å²) in [7, 11) is -2.76. The highest BCUT2D eigenvalue weighted by atomic mass is 35.5. The Kier molecular flexibility index (Phi) is 5.59. The molecule has 2 amide bonds. The predicted octanol–water partition coefficient (Wildman–Crippen LogP) is 4.04. The molecule has 0 bridgehead atoms. The summed E-state index contributed by atoms with van der Waals surface area (Å²) >= 11 is 5.80. The lowest BCUT2D eigenvalue weighted by molar-refractivity contribution is 0.175. The third-order valence-corrected chi connectivity index (χ3v) is 4.74. The average molecular weight is 317 g/mol. The molecular weight excluding hydrogens is 296 g/mol. The Balaban J connectivity index is 3.16. The fraction of sp³-hybridized carbons (Fsp3) is 0.500. The van der Waals surface area contributed by atoms with Crippen LogP contribution >= 0.6 is 11.6 Å². The number of urea groups is 1. The van der Waals surface area contributed by atoms with Crippen LogP contribution in [0.25, 0.3) is 0 Å². The number of hydrogen-bond acceptors (Lipinski definition) is 2. The van der Waals surface area contributed by atoms with Crippen molar-refractivity contribution >= 4 is 27.4 Å². The second kappa shape index (κ2) is 6.59. The van der Waals surface area contributed by atoms with E-state index in [-0.39, 0.29) is 12.1 Å². The third-order valence-electron chi connectivity index (χ3n) is 2.84. The van der Waals surface area contributed by atoms with Gasteiger partial charge in [-0.05, 0) is 52.0 Å². The zero-order valence-electron chi connectivity index (χ0n) is 12.5. The van der Waals surface area contributed by atoms with Gasteiger partial charge in [0.1, 0.15) is 0 Å². The summed E-state index contributed by atoms with van der Waals surface area (Å²) in [5.41, 5.74) is 0. The van der Waals surface area contributed by atoms with Crippen LogP contribution < -0.4 is 0 Å². The Hall–Kier alpha value is -1.07. The Morgan fingerprint density at radius 3 is 2.00 bits per heavy atom. The molecule has 0 heterocycles. The first kappa shape index (κ1) is 17.0. The Morgan fingerprint density at radius 1 is 1.15 bits per heavy atom. The molecule has 0 fully saturated rings. The third kappa shape index (κ3) is 4.21. The summed E-state index contributed by atoms with van der Waals surface area (Å²) in [6.45, 7) is 7.64. The summed E-state index contributed by atoms with van der Waals surface area (Å²) in [6, 6.07) is 6.12. The summed E-state index contributed by atoms with van der Waals surface area (Å²) in [4.78, 5) is 14.3. The fourth-order valence-corrected chi connectivity index (χ4v) is 3.24. The molecule has 1 atom stereocenters. The maximum atomic E-state index is 12.6. The van der Waals surface area contributed by atoms with E-state index < -0.39 is 15.8 Å². The highest BCUT2D eigenvalue weighted by Gasteiger charge is 2.21. The van der Waals surface area contributed by atoms with Crippen molar-refractivity contribution in [3.8, 4) is 0 Å². The highest BCUT2D eigenvalue weighted by molar-refractivity contribution is 7.93. The van der Waals surface area contributed by atoms with Gasteiger partial charge in [0.15, 0.2) is 0 Å². The van der Waals surface area contributed by atoms with E-state index >= 15 is 0 Å². The van der Waals surface area contributed by atoms with E-state index in [9.17, 15) is 9.00 Å². The first-order chi connectivity index (χ1) is 9.15. The summed E-state index contributed by atoms with van der Waals surface area (Å²) < 4.78 is 16.5. The summed E-state index contributed by atoms with van der Waals surface area (Å²) in [5, 5.41) is 0.557. The zero-order chi connectivity index (χ0) is 15.5. The van der Waals surface area contributed by atoms with Crippen LogP contribution in [0.5, 0.6) is 0 Å². The minimum Gasteiger partial charge on any atom is -0.318 e.